The smallest absolute Gasteiger partial charge is 0.252 e. The van der Waals surface area contributed by atoms with Gasteiger partial charge in [0.1, 0.15) is 0 Å². The standard InChI is InChI=1S/C14H18ClN3O2.ClH/c1-17-14(20)11-5-4-10(7-12(11)15)18-13(19)8-2-3-9(16)6-8;/h4-5,7-9H,2-3,6,16H2,1H3,(H,17,20)(H,18,19);1H. The van der Waals surface area contributed by atoms with Gasteiger partial charge < -0.3 is 16.4 Å². The van der Waals surface area contributed by atoms with Crippen molar-refractivity contribution in [3.05, 3.63) is 28.8 Å². The average molecular weight is 332 g/mol. The van der Waals surface area contributed by atoms with Crippen LogP contribution in [0.2, 0.25) is 5.02 Å². The lowest BCUT2D eigenvalue weighted by Gasteiger charge is -2.12. The summed E-state index contributed by atoms with van der Waals surface area (Å²) in [5.74, 6) is -0.334. The first kappa shape index (κ1) is 17.8. The lowest BCUT2D eigenvalue weighted by molar-refractivity contribution is -0.119. The highest BCUT2D eigenvalue weighted by atomic mass is 35.5. The van der Waals surface area contributed by atoms with Crippen molar-refractivity contribution in [2.24, 2.45) is 11.7 Å². The second-order valence-electron chi connectivity index (χ2n) is 5.03. The maximum absolute atomic E-state index is 12.1. The number of hydrogen-bond donors (Lipinski definition) is 3. The Morgan fingerprint density at radius 2 is 2.05 bits per heavy atom. The van der Waals surface area contributed by atoms with Crippen molar-refractivity contribution < 1.29 is 9.59 Å². The van der Waals surface area contributed by atoms with E-state index in [9.17, 15) is 9.59 Å². The van der Waals surface area contributed by atoms with Crippen LogP contribution in [0.15, 0.2) is 18.2 Å². The number of rotatable bonds is 3. The van der Waals surface area contributed by atoms with E-state index in [4.69, 9.17) is 17.3 Å². The van der Waals surface area contributed by atoms with Crippen LogP contribution in [0.1, 0.15) is 29.6 Å². The van der Waals surface area contributed by atoms with E-state index >= 15 is 0 Å². The molecular formula is C14H19Cl2N3O2. The molecule has 2 amide bonds. The van der Waals surface area contributed by atoms with E-state index in [1.165, 1.54) is 7.05 Å². The Morgan fingerprint density at radius 1 is 1.33 bits per heavy atom. The number of nitrogens with two attached hydrogens (primary N) is 1. The summed E-state index contributed by atoms with van der Waals surface area (Å²) in [4.78, 5) is 23.6. The van der Waals surface area contributed by atoms with Gasteiger partial charge in [0, 0.05) is 24.7 Å². The zero-order chi connectivity index (χ0) is 14.7. The van der Waals surface area contributed by atoms with Gasteiger partial charge in [0.2, 0.25) is 5.91 Å². The van der Waals surface area contributed by atoms with Crippen LogP contribution in [0.4, 0.5) is 5.69 Å². The Morgan fingerprint density at radius 3 is 2.57 bits per heavy atom. The Hall–Kier alpha value is -1.30. The monoisotopic (exact) mass is 331 g/mol. The highest BCUT2D eigenvalue weighted by Gasteiger charge is 2.27. The van der Waals surface area contributed by atoms with Crippen molar-refractivity contribution in [3.8, 4) is 0 Å². The topological polar surface area (TPSA) is 84.2 Å². The van der Waals surface area contributed by atoms with Gasteiger partial charge in [-0.3, -0.25) is 9.59 Å². The van der Waals surface area contributed by atoms with Crippen LogP contribution in [0.5, 0.6) is 0 Å². The third-order valence-electron chi connectivity index (χ3n) is 3.55. The molecule has 116 valence electrons. The Balaban J connectivity index is 0.00000220. The number of halogens is 2. The van der Waals surface area contributed by atoms with Crippen molar-refractivity contribution in [2.75, 3.05) is 12.4 Å². The molecule has 0 radical (unpaired) electrons. The van der Waals surface area contributed by atoms with Gasteiger partial charge >= 0.3 is 0 Å². The summed E-state index contributed by atoms with van der Waals surface area (Å²) in [5.41, 5.74) is 6.78. The predicted octanol–water partition coefficient (Wildman–Crippen LogP) is 2.19. The normalized spacial score (nSPS) is 20.5. The molecule has 21 heavy (non-hydrogen) atoms. The highest BCUT2D eigenvalue weighted by Crippen LogP contribution is 2.26. The summed E-state index contributed by atoms with van der Waals surface area (Å²) in [6, 6.07) is 4.96. The molecule has 1 aromatic carbocycles. The Bertz CT molecular complexity index is 537. The zero-order valence-electron chi connectivity index (χ0n) is 11.7. The molecule has 5 nitrogen and oxygen atoms in total. The number of anilines is 1. The molecular weight excluding hydrogens is 313 g/mol. The first-order valence-electron chi connectivity index (χ1n) is 6.59. The minimum absolute atomic E-state index is 0. The first-order valence-corrected chi connectivity index (χ1v) is 6.97. The van der Waals surface area contributed by atoms with Crippen LogP contribution in [0.3, 0.4) is 0 Å². The van der Waals surface area contributed by atoms with Gasteiger partial charge in [0.15, 0.2) is 0 Å². The number of hydrogen-bond acceptors (Lipinski definition) is 3. The molecule has 1 fully saturated rings. The lowest BCUT2D eigenvalue weighted by Crippen LogP contribution is -2.23. The van der Waals surface area contributed by atoms with E-state index < -0.39 is 0 Å². The van der Waals surface area contributed by atoms with E-state index in [1.807, 2.05) is 0 Å². The molecule has 1 saturated carbocycles. The summed E-state index contributed by atoms with van der Waals surface area (Å²) in [6.07, 6.45) is 2.42. The van der Waals surface area contributed by atoms with Gasteiger partial charge in [-0.25, -0.2) is 0 Å². The third kappa shape index (κ3) is 4.33. The molecule has 0 aromatic heterocycles. The molecule has 0 aliphatic heterocycles. The third-order valence-corrected chi connectivity index (χ3v) is 3.86. The molecule has 1 aliphatic carbocycles. The Labute approximate surface area is 135 Å². The summed E-state index contributed by atoms with van der Waals surface area (Å²) in [7, 11) is 1.54. The number of nitrogens with one attached hydrogen (secondary N) is 2. The first-order chi connectivity index (χ1) is 9.51. The van der Waals surface area contributed by atoms with E-state index in [1.54, 1.807) is 18.2 Å². The number of carbonyl (C=O) groups is 2. The molecule has 2 rings (SSSR count). The van der Waals surface area contributed by atoms with Crippen molar-refractivity contribution in [2.45, 2.75) is 25.3 Å². The molecule has 1 aliphatic rings. The second-order valence-corrected chi connectivity index (χ2v) is 5.44. The van der Waals surface area contributed by atoms with E-state index in [0.29, 0.717) is 16.3 Å². The van der Waals surface area contributed by atoms with Crippen LogP contribution >= 0.6 is 24.0 Å². The molecule has 7 heteroatoms. The van der Waals surface area contributed by atoms with Crippen LogP contribution in [-0.2, 0) is 4.79 Å². The molecule has 4 N–H and O–H groups in total. The predicted molar refractivity (Wildman–Crippen MR) is 86.0 cm³/mol. The van der Waals surface area contributed by atoms with E-state index in [-0.39, 0.29) is 36.2 Å². The van der Waals surface area contributed by atoms with Gasteiger partial charge in [-0.15, -0.1) is 12.4 Å². The Kier molecular flexibility index (Phi) is 6.45. The van der Waals surface area contributed by atoms with Gasteiger partial charge in [0.05, 0.1) is 10.6 Å². The number of benzene rings is 1. The summed E-state index contributed by atoms with van der Waals surface area (Å²) >= 11 is 6.04. The van der Waals surface area contributed by atoms with Crippen LogP contribution in [0.25, 0.3) is 0 Å². The largest absolute Gasteiger partial charge is 0.355 e. The number of carbonyl (C=O) groups excluding carboxylic acids is 2. The fourth-order valence-corrected chi connectivity index (χ4v) is 2.68. The maximum Gasteiger partial charge on any atom is 0.252 e. The molecule has 0 heterocycles. The van der Waals surface area contributed by atoms with Crippen LogP contribution < -0.4 is 16.4 Å². The van der Waals surface area contributed by atoms with E-state index in [0.717, 1.165) is 19.3 Å². The quantitative estimate of drug-likeness (QED) is 0.793. The van der Waals surface area contributed by atoms with Crippen LogP contribution in [-0.4, -0.2) is 24.9 Å². The van der Waals surface area contributed by atoms with Gasteiger partial charge in [-0.05, 0) is 37.5 Å². The van der Waals surface area contributed by atoms with Gasteiger partial charge in [-0.2, -0.15) is 0 Å². The molecule has 2 atom stereocenters. The van der Waals surface area contributed by atoms with Crippen molar-refractivity contribution in [1.29, 1.82) is 0 Å². The van der Waals surface area contributed by atoms with E-state index in [2.05, 4.69) is 10.6 Å². The maximum atomic E-state index is 12.1. The second kappa shape index (κ2) is 7.64. The summed E-state index contributed by atoms with van der Waals surface area (Å²) in [6.45, 7) is 0. The molecule has 0 spiro atoms. The highest BCUT2D eigenvalue weighted by molar-refractivity contribution is 6.34. The fourth-order valence-electron chi connectivity index (χ4n) is 2.41. The molecule has 1 aromatic rings. The fraction of sp³-hybridized carbons (Fsp3) is 0.429. The number of amides is 2. The van der Waals surface area contributed by atoms with Gasteiger partial charge in [0.25, 0.3) is 5.91 Å². The minimum atomic E-state index is -0.255. The summed E-state index contributed by atoms with van der Waals surface area (Å²) in [5, 5.41) is 5.64. The average Bonchev–Trinajstić information content (AvgIpc) is 2.85. The molecule has 0 bridgehead atoms. The van der Waals surface area contributed by atoms with Gasteiger partial charge in [-0.1, -0.05) is 11.6 Å². The van der Waals surface area contributed by atoms with Crippen LogP contribution in [0, 0.1) is 5.92 Å². The zero-order valence-corrected chi connectivity index (χ0v) is 13.3. The minimum Gasteiger partial charge on any atom is -0.355 e. The molecule has 2 unspecified atom stereocenters. The van der Waals surface area contributed by atoms with Crippen molar-refractivity contribution >= 4 is 41.5 Å². The SMILES string of the molecule is CNC(=O)c1ccc(NC(=O)C2CCC(N)C2)cc1Cl.Cl. The lowest BCUT2D eigenvalue weighted by atomic mass is 10.1. The van der Waals surface area contributed by atoms with Crippen molar-refractivity contribution in [1.82, 2.24) is 5.32 Å². The summed E-state index contributed by atoms with van der Waals surface area (Å²) < 4.78 is 0. The van der Waals surface area contributed by atoms with Crippen molar-refractivity contribution in [3.63, 3.8) is 0 Å². The molecule has 0 saturated heterocycles.